The van der Waals surface area contributed by atoms with E-state index in [9.17, 15) is 18.0 Å². The molecule has 0 bridgehead atoms. The Hall–Kier alpha value is -3.86. The van der Waals surface area contributed by atoms with Gasteiger partial charge >= 0.3 is 12.6 Å². The van der Waals surface area contributed by atoms with Crippen molar-refractivity contribution in [3.05, 3.63) is 88.3 Å². The van der Waals surface area contributed by atoms with E-state index in [1.165, 1.54) is 24.4 Å². The highest BCUT2D eigenvalue weighted by Gasteiger charge is 2.51. The average Bonchev–Trinajstić information content (AvgIpc) is 3.59. The van der Waals surface area contributed by atoms with Crippen molar-refractivity contribution in [2.45, 2.75) is 24.6 Å². The highest BCUT2D eigenvalue weighted by atomic mass is 35.5. The van der Waals surface area contributed by atoms with Gasteiger partial charge in [0, 0.05) is 30.1 Å². The number of nitrogens with zero attached hydrogens (tertiary/aromatic N) is 5. The van der Waals surface area contributed by atoms with Gasteiger partial charge in [0.05, 0.1) is 17.3 Å². The summed E-state index contributed by atoms with van der Waals surface area (Å²) in [4.78, 5) is 23.3. The van der Waals surface area contributed by atoms with Gasteiger partial charge in [-0.05, 0) is 35.9 Å². The monoisotopic (exact) mass is 514 g/mol. The third kappa shape index (κ3) is 3.70. The van der Waals surface area contributed by atoms with Crippen LogP contribution in [0.15, 0.2) is 65.5 Å². The van der Waals surface area contributed by atoms with Crippen LogP contribution in [0.4, 0.5) is 18.0 Å². The minimum Gasteiger partial charge on any atom is -0.447 e. The Morgan fingerprint density at radius 2 is 2.06 bits per heavy atom. The molecular formula is C24H18ClF3N6O2. The van der Waals surface area contributed by atoms with Gasteiger partial charge in [0.15, 0.2) is 5.84 Å². The second kappa shape index (κ2) is 8.37. The number of ether oxygens (including phenoxy) is 1. The smallest absolute Gasteiger partial charge is 0.407 e. The molecule has 1 aromatic carbocycles. The van der Waals surface area contributed by atoms with E-state index in [-0.39, 0.29) is 17.3 Å². The van der Waals surface area contributed by atoms with E-state index in [1.807, 2.05) is 11.0 Å². The predicted octanol–water partition coefficient (Wildman–Crippen LogP) is 4.56. The van der Waals surface area contributed by atoms with E-state index in [2.05, 4.69) is 15.4 Å². The van der Waals surface area contributed by atoms with E-state index in [0.717, 1.165) is 0 Å². The number of benzene rings is 1. The lowest BCUT2D eigenvalue weighted by atomic mass is 9.90. The first-order valence-corrected chi connectivity index (χ1v) is 11.4. The van der Waals surface area contributed by atoms with Gasteiger partial charge in [-0.1, -0.05) is 23.7 Å². The lowest BCUT2D eigenvalue weighted by Crippen LogP contribution is -2.47. The molecule has 2 atom stereocenters. The first-order chi connectivity index (χ1) is 17.3. The number of cyclic esters (lactones) is 1. The van der Waals surface area contributed by atoms with Crippen molar-refractivity contribution in [1.29, 1.82) is 0 Å². The largest absolute Gasteiger partial charge is 0.447 e. The van der Waals surface area contributed by atoms with E-state index < -0.39 is 30.0 Å². The highest BCUT2D eigenvalue weighted by Crippen LogP contribution is 2.47. The number of pyridine rings is 1. The molecule has 1 amide bonds. The Bertz CT molecular complexity index is 1430. The molecule has 12 heteroatoms. The van der Waals surface area contributed by atoms with Gasteiger partial charge < -0.3 is 15.0 Å². The maximum atomic E-state index is 14.5. The minimum atomic E-state index is -2.83. The van der Waals surface area contributed by atoms with Crippen LogP contribution in [0.2, 0.25) is 5.02 Å². The summed E-state index contributed by atoms with van der Waals surface area (Å²) in [5.41, 5.74) is 1.77. The number of halogens is 4. The summed E-state index contributed by atoms with van der Waals surface area (Å²) in [7, 11) is 0. The lowest BCUT2D eigenvalue weighted by Gasteiger charge is -2.32. The summed E-state index contributed by atoms with van der Waals surface area (Å²) in [5.74, 6) is -0.131. The minimum absolute atomic E-state index is 0.0491. The maximum absolute atomic E-state index is 14.5. The molecule has 3 aliphatic rings. The number of hydrogen-bond acceptors (Lipinski definition) is 6. The molecule has 0 radical (unpaired) electrons. The Morgan fingerprint density at radius 1 is 1.19 bits per heavy atom. The number of hydrogen-bond donors (Lipinski definition) is 1. The van der Waals surface area contributed by atoms with Gasteiger partial charge in [0.1, 0.15) is 29.7 Å². The molecule has 184 valence electrons. The normalized spacial score (nSPS) is 23.2. The summed E-state index contributed by atoms with van der Waals surface area (Å²) in [6, 6.07) is 10.4. The van der Waals surface area contributed by atoms with Crippen molar-refractivity contribution in [2.75, 3.05) is 13.2 Å². The Morgan fingerprint density at radius 3 is 2.72 bits per heavy atom. The third-order valence-electron chi connectivity index (χ3n) is 6.47. The molecule has 2 aromatic heterocycles. The number of aliphatic imine (C=N–C) groups is 1. The van der Waals surface area contributed by atoms with Crippen molar-refractivity contribution in [3.63, 3.8) is 0 Å². The third-order valence-corrected chi connectivity index (χ3v) is 6.77. The summed E-state index contributed by atoms with van der Waals surface area (Å²) in [6.45, 7) is -2.38. The van der Waals surface area contributed by atoms with Gasteiger partial charge in [-0.25, -0.2) is 13.9 Å². The van der Waals surface area contributed by atoms with Crippen LogP contribution in [0.3, 0.4) is 0 Å². The van der Waals surface area contributed by atoms with Crippen molar-refractivity contribution in [1.82, 2.24) is 25.0 Å². The van der Waals surface area contributed by atoms with Gasteiger partial charge in [-0.15, -0.1) is 0 Å². The molecule has 5 heterocycles. The molecule has 6 rings (SSSR count). The molecule has 8 nitrogen and oxygen atoms in total. The standard InChI is InChI=1S/C24H18ClF3N6O2/c25-14-5-4-13(9-15(14)26)20-19(16-6-8-34(32-16)22(27)28)18-10-24(12-36-23(35)31-24)11-33(18)21(30-20)17-3-1-2-7-29-17/h1-9,20,22H,10-12H2,(H,31,35)/t20-,24-/m0/s1. The quantitative estimate of drug-likeness (QED) is 0.551. The summed E-state index contributed by atoms with van der Waals surface area (Å²) in [6.07, 6.45) is 2.60. The number of amidine groups is 1. The van der Waals surface area contributed by atoms with Crippen molar-refractivity contribution >= 4 is 29.1 Å². The number of nitrogens with one attached hydrogen (secondary N) is 1. The molecule has 36 heavy (non-hydrogen) atoms. The molecule has 3 aromatic rings. The maximum Gasteiger partial charge on any atom is 0.407 e. The zero-order valence-electron chi connectivity index (χ0n) is 18.5. The van der Waals surface area contributed by atoms with Gasteiger partial charge in [-0.3, -0.25) is 9.98 Å². The number of carbonyl (C=O) groups excluding carboxylic acids is 1. The summed E-state index contributed by atoms with van der Waals surface area (Å²) >= 11 is 5.93. The van der Waals surface area contributed by atoms with Crippen LogP contribution in [0.5, 0.6) is 0 Å². The zero-order valence-corrected chi connectivity index (χ0v) is 19.3. The van der Waals surface area contributed by atoms with Crippen LogP contribution in [-0.4, -0.2) is 50.3 Å². The first-order valence-electron chi connectivity index (χ1n) is 11.1. The number of amides is 1. The van der Waals surface area contributed by atoms with E-state index >= 15 is 0 Å². The molecule has 2 fully saturated rings. The molecule has 3 aliphatic heterocycles. The van der Waals surface area contributed by atoms with E-state index in [4.69, 9.17) is 21.3 Å². The fourth-order valence-corrected chi connectivity index (χ4v) is 5.02. The summed E-state index contributed by atoms with van der Waals surface area (Å²) < 4.78 is 47.1. The van der Waals surface area contributed by atoms with Crippen LogP contribution >= 0.6 is 11.6 Å². The van der Waals surface area contributed by atoms with Gasteiger partial charge in [0.25, 0.3) is 0 Å². The average molecular weight is 515 g/mol. The summed E-state index contributed by atoms with van der Waals surface area (Å²) in [5, 5.41) is 6.94. The first kappa shape index (κ1) is 22.6. The van der Waals surface area contributed by atoms with Gasteiger partial charge in [-0.2, -0.15) is 13.9 Å². The van der Waals surface area contributed by atoms with Crippen molar-refractivity contribution in [2.24, 2.45) is 4.99 Å². The second-order valence-electron chi connectivity index (χ2n) is 8.81. The van der Waals surface area contributed by atoms with Crippen molar-refractivity contribution < 1.29 is 22.7 Å². The zero-order chi connectivity index (χ0) is 25.0. The molecule has 2 saturated heterocycles. The number of rotatable bonds is 4. The van der Waals surface area contributed by atoms with E-state index in [0.29, 0.717) is 46.0 Å². The number of carbonyl (C=O) groups is 1. The molecule has 0 aliphatic carbocycles. The van der Waals surface area contributed by atoms with Crippen LogP contribution in [0, 0.1) is 5.82 Å². The van der Waals surface area contributed by atoms with Gasteiger partial charge in [0.2, 0.25) is 0 Å². The Balaban J connectivity index is 1.58. The molecular weight excluding hydrogens is 497 g/mol. The molecule has 1 N–H and O–H groups in total. The number of alkyl carbamates (subject to hydrolysis) is 1. The molecule has 0 unspecified atom stereocenters. The highest BCUT2D eigenvalue weighted by molar-refractivity contribution is 6.30. The number of aromatic nitrogens is 3. The van der Waals surface area contributed by atoms with Crippen LogP contribution < -0.4 is 5.32 Å². The van der Waals surface area contributed by atoms with Crippen LogP contribution in [0.25, 0.3) is 5.57 Å². The lowest BCUT2D eigenvalue weighted by molar-refractivity contribution is 0.0564. The van der Waals surface area contributed by atoms with E-state index in [1.54, 1.807) is 24.4 Å². The topological polar surface area (TPSA) is 84.6 Å². The molecule has 1 spiro atoms. The van der Waals surface area contributed by atoms with Crippen molar-refractivity contribution in [3.8, 4) is 0 Å². The number of alkyl halides is 2. The fraction of sp³-hybridized carbons (Fsp3) is 0.250. The van der Waals surface area contributed by atoms with Crippen LogP contribution in [-0.2, 0) is 4.74 Å². The Kier molecular flexibility index (Phi) is 5.25. The SMILES string of the molecule is O=C1N[C@@]2(CO1)CC1=C(c3ccn(C(F)F)n3)[C@H](c3ccc(Cl)c(F)c3)N=C(c3ccccn3)N1C2. The van der Waals surface area contributed by atoms with Crippen LogP contribution in [0.1, 0.15) is 36.0 Å². The fourth-order valence-electron chi connectivity index (χ4n) is 4.90. The molecule has 0 saturated carbocycles. The Labute approximate surface area is 208 Å². The number of fused-ring (bicyclic) bond motifs is 1. The second-order valence-corrected chi connectivity index (χ2v) is 9.21. The predicted molar refractivity (Wildman–Crippen MR) is 124 cm³/mol.